The van der Waals surface area contributed by atoms with Crippen molar-refractivity contribution >= 4 is 29.2 Å². The van der Waals surface area contributed by atoms with Crippen LogP contribution >= 0.6 is 11.8 Å². The molecule has 112 valence electrons. The first-order chi connectivity index (χ1) is 10.7. The van der Waals surface area contributed by atoms with E-state index in [2.05, 4.69) is 21.9 Å². The van der Waals surface area contributed by atoms with E-state index in [-0.39, 0.29) is 5.95 Å². The number of benzene rings is 1. The second-order valence-corrected chi connectivity index (χ2v) is 5.36. The lowest BCUT2D eigenvalue weighted by Gasteiger charge is -2.07. The largest absolute Gasteiger partial charge is 0.405 e. The Labute approximate surface area is 133 Å². The Morgan fingerprint density at radius 2 is 2.00 bits per heavy atom. The summed E-state index contributed by atoms with van der Waals surface area (Å²) in [5, 5.41) is 3.17. The van der Waals surface area contributed by atoms with Gasteiger partial charge in [0.25, 0.3) is 0 Å². The van der Waals surface area contributed by atoms with Crippen molar-refractivity contribution in [3.63, 3.8) is 0 Å². The van der Waals surface area contributed by atoms with E-state index in [0.717, 1.165) is 15.5 Å². The number of hydrogen-bond acceptors (Lipinski definition) is 6. The van der Waals surface area contributed by atoms with Crippen LogP contribution in [0.25, 0.3) is 0 Å². The van der Waals surface area contributed by atoms with Crippen LogP contribution in [0.3, 0.4) is 0 Å². The molecule has 6 heteroatoms. The van der Waals surface area contributed by atoms with E-state index >= 15 is 0 Å². The maximum atomic E-state index is 5.55. The third kappa shape index (κ3) is 4.68. The molecule has 0 aliphatic heterocycles. The van der Waals surface area contributed by atoms with Gasteiger partial charge in [-0.3, -0.25) is 0 Å². The fraction of sp³-hybridized carbons (Fsp3) is 0. The molecule has 2 rings (SSSR count). The summed E-state index contributed by atoms with van der Waals surface area (Å²) in [7, 11) is 0. The second-order valence-electron chi connectivity index (χ2n) is 4.22. The van der Waals surface area contributed by atoms with E-state index in [9.17, 15) is 0 Å². The zero-order valence-corrected chi connectivity index (χ0v) is 12.8. The van der Waals surface area contributed by atoms with E-state index in [1.807, 2.05) is 36.4 Å². The number of hydrogen-bond donors (Lipinski definition) is 3. The minimum atomic E-state index is 0.241. The molecule has 0 aliphatic rings. The highest BCUT2D eigenvalue weighted by molar-refractivity contribution is 8.03. The second kappa shape index (κ2) is 7.90. The normalized spacial score (nSPS) is 11.5. The van der Waals surface area contributed by atoms with Crippen molar-refractivity contribution in [3.8, 4) is 0 Å². The molecule has 0 fully saturated rings. The van der Waals surface area contributed by atoms with Crippen LogP contribution in [0.1, 0.15) is 0 Å². The average Bonchev–Trinajstić information content (AvgIpc) is 2.50. The lowest BCUT2D eigenvalue weighted by molar-refractivity contribution is 1.18. The molecule has 0 spiro atoms. The third-order valence-corrected chi connectivity index (χ3v) is 3.59. The number of thioether (sulfide) groups is 1. The number of aromatic nitrogens is 2. The maximum absolute atomic E-state index is 5.55. The van der Waals surface area contributed by atoms with E-state index in [1.165, 1.54) is 6.20 Å². The van der Waals surface area contributed by atoms with Gasteiger partial charge in [0.1, 0.15) is 5.82 Å². The number of allylic oxidation sites excluding steroid dienone is 3. The van der Waals surface area contributed by atoms with Crippen LogP contribution < -0.4 is 16.8 Å². The Kier molecular flexibility index (Phi) is 5.62. The molecule has 0 radical (unpaired) electrons. The third-order valence-electron chi connectivity index (χ3n) is 2.58. The van der Waals surface area contributed by atoms with Gasteiger partial charge in [-0.1, -0.05) is 24.4 Å². The topological polar surface area (TPSA) is 89.8 Å². The molecule has 2 aromatic rings. The molecule has 22 heavy (non-hydrogen) atoms. The van der Waals surface area contributed by atoms with Gasteiger partial charge < -0.3 is 16.8 Å². The summed E-state index contributed by atoms with van der Waals surface area (Å²) in [4.78, 5) is 10.1. The zero-order chi connectivity index (χ0) is 15.8. The van der Waals surface area contributed by atoms with Crippen molar-refractivity contribution in [1.29, 1.82) is 0 Å². The van der Waals surface area contributed by atoms with E-state index in [1.54, 1.807) is 30.1 Å². The first-order valence-electron chi connectivity index (χ1n) is 6.55. The predicted octanol–water partition coefficient (Wildman–Crippen LogP) is 3.44. The lowest BCUT2D eigenvalue weighted by Crippen LogP contribution is -1.98. The van der Waals surface area contributed by atoms with Crippen LogP contribution in [0.15, 0.2) is 77.3 Å². The van der Waals surface area contributed by atoms with E-state index in [0.29, 0.717) is 5.82 Å². The highest BCUT2D eigenvalue weighted by Gasteiger charge is 2.00. The molecular formula is C16H17N5S. The summed E-state index contributed by atoms with van der Waals surface area (Å²) >= 11 is 1.60. The van der Waals surface area contributed by atoms with Crippen molar-refractivity contribution in [1.82, 2.24) is 9.97 Å². The van der Waals surface area contributed by atoms with Crippen LogP contribution in [0.2, 0.25) is 0 Å². The molecular weight excluding hydrogens is 294 g/mol. The number of nitrogen functional groups attached to an aromatic ring is 1. The fourth-order valence-electron chi connectivity index (χ4n) is 1.67. The molecule has 0 aliphatic carbocycles. The highest BCUT2D eigenvalue weighted by atomic mass is 32.2. The van der Waals surface area contributed by atoms with Gasteiger partial charge >= 0.3 is 0 Å². The van der Waals surface area contributed by atoms with Gasteiger partial charge in [0.15, 0.2) is 0 Å². The maximum Gasteiger partial charge on any atom is 0.221 e. The van der Waals surface area contributed by atoms with Crippen LogP contribution in [-0.2, 0) is 0 Å². The van der Waals surface area contributed by atoms with Gasteiger partial charge in [0.05, 0.1) is 0 Å². The summed E-state index contributed by atoms with van der Waals surface area (Å²) in [5.41, 5.74) is 11.9. The Morgan fingerprint density at radius 1 is 1.23 bits per heavy atom. The van der Waals surface area contributed by atoms with Crippen molar-refractivity contribution < 1.29 is 0 Å². The van der Waals surface area contributed by atoms with Crippen molar-refractivity contribution in [3.05, 3.63) is 72.4 Å². The van der Waals surface area contributed by atoms with Crippen LogP contribution in [0.5, 0.6) is 0 Å². The summed E-state index contributed by atoms with van der Waals surface area (Å²) in [6.45, 7) is 3.70. The summed E-state index contributed by atoms with van der Waals surface area (Å²) in [5.74, 6) is 0.899. The van der Waals surface area contributed by atoms with Gasteiger partial charge in [-0.05, 0) is 48.7 Å². The molecule has 5 nitrogen and oxygen atoms in total. The Bertz CT molecular complexity index is 692. The number of nitrogens with zero attached hydrogens (tertiary/aromatic N) is 2. The van der Waals surface area contributed by atoms with Crippen molar-refractivity contribution in [2.45, 2.75) is 4.90 Å². The number of rotatable bonds is 6. The molecule has 1 heterocycles. The molecule has 1 aromatic carbocycles. The minimum Gasteiger partial charge on any atom is -0.405 e. The standard InChI is InChI=1S/C16H17N5S/c1-2-3-13(8-10-17)22-14-6-4-12(5-7-14)20-15-9-11-19-16(18)21-15/h2-11H,1,17H2,(H3,18,19,20,21)/b10-8-,13-3+. The van der Waals surface area contributed by atoms with Crippen molar-refractivity contribution in [2.24, 2.45) is 5.73 Å². The first-order valence-corrected chi connectivity index (χ1v) is 7.37. The van der Waals surface area contributed by atoms with Gasteiger partial charge in [-0.2, -0.15) is 4.98 Å². The number of nitrogens with two attached hydrogens (primary N) is 2. The molecule has 0 atom stereocenters. The quantitative estimate of drug-likeness (QED) is 0.559. The monoisotopic (exact) mass is 311 g/mol. The molecule has 0 unspecified atom stereocenters. The number of anilines is 3. The van der Waals surface area contributed by atoms with E-state index in [4.69, 9.17) is 11.5 Å². The zero-order valence-electron chi connectivity index (χ0n) is 11.9. The van der Waals surface area contributed by atoms with Crippen LogP contribution in [-0.4, -0.2) is 9.97 Å². The Morgan fingerprint density at radius 3 is 2.64 bits per heavy atom. The summed E-state index contributed by atoms with van der Waals surface area (Å²) < 4.78 is 0. The smallest absolute Gasteiger partial charge is 0.221 e. The van der Waals surface area contributed by atoms with Gasteiger partial charge in [0, 0.05) is 21.7 Å². The fourth-order valence-corrected chi connectivity index (χ4v) is 2.52. The van der Waals surface area contributed by atoms with Crippen LogP contribution in [0, 0.1) is 0 Å². The van der Waals surface area contributed by atoms with Crippen LogP contribution in [0.4, 0.5) is 17.5 Å². The Balaban J connectivity index is 2.07. The minimum absolute atomic E-state index is 0.241. The molecule has 0 saturated carbocycles. The average molecular weight is 311 g/mol. The first kappa shape index (κ1) is 15.7. The van der Waals surface area contributed by atoms with Gasteiger partial charge in [-0.25, -0.2) is 4.98 Å². The molecule has 0 bridgehead atoms. The van der Waals surface area contributed by atoms with Crippen molar-refractivity contribution in [2.75, 3.05) is 11.1 Å². The molecule has 1 aromatic heterocycles. The Hall–Kier alpha value is -2.73. The summed E-state index contributed by atoms with van der Waals surface area (Å²) in [6.07, 6.45) is 8.60. The predicted molar refractivity (Wildman–Crippen MR) is 93.6 cm³/mol. The molecule has 0 saturated heterocycles. The summed E-state index contributed by atoms with van der Waals surface area (Å²) in [6, 6.07) is 9.73. The SMILES string of the molecule is C=C/C=C(\C=C/N)Sc1ccc(Nc2ccnc(N)n2)cc1. The number of nitrogens with one attached hydrogen (secondary N) is 1. The van der Waals surface area contributed by atoms with Gasteiger partial charge in [-0.15, -0.1) is 0 Å². The highest BCUT2D eigenvalue weighted by Crippen LogP contribution is 2.29. The van der Waals surface area contributed by atoms with E-state index < -0.39 is 0 Å². The van der Waals surface area contributed by atoms with Gasteiger partial charge in [0.2, 0.25) is 5.95 Å². The molecule has 0 amide bonds. The molecule has 5 N–H and O–H groups in total. The lowest BCUT2D eigenvalue weighted by atomic mass is 10.3.